The molecule has 8 nitrogen and oxygen atoms in total. The molecule has 0 radical (unpaired) electrons. The van der Waals surface area contributed by atoms with E-state index in [1.54, 1.807) is 68.9 Å². The number of carbonyl (C=O) groups excluding carboxylic acids is 1. The number of nitrogens with one attached hydrogen (secondary N) is 2. The van der Waals surface area contributed by atoms with E-state index in [1.165, 1.54) is 7.11 Å². The quantitative estimate of drug-likeness (QED) is 0.598. The van der Waals surface area contributed by atoms with Crippen molar-refractivity contribution in [2.75, 3.05) is 32.0 Å². The molecule has 0 aliphatic rings. The minimum absolute atomic E-state index is 0.322. The molecule has 3 aromatic rings. The predicted molar refractivity (Wildman–Crippen MR) is 106 cm³/mol. The van der Waals surface area contributed by atoms with Gasteiger partial charge in [0.2, 0.25) is 5.95 Å². The minimum atomic E-state index is -0.446. The topological polar surface area (TPSA) is 94.6 Å². The Kier molecular flexibility index (Phi) is 5.91. The summed E-state index contributed by atoms with van der Waals surface area (Å²) in [5.41, 5.74) is 1.63. The summed E-state index contributed by atoms with van der Waals surface area (Å²) in [6.07, 6.45) is 1.60. The second kappa shape index (κ2) is 8.72. The van der Waals surface area contributed by atoms with Gasteiger partial charge in [0.25, 0.3) is 0 Å². The molecule has 0 saturated heterocycles. The van der Waals surface area contributed by atoms with Crippen molar-refractivity contribution in [3.8, 4) is 11.5 Å². The lowest BCUT2D eigenvalue weighted by molar-refractivity contribution is 0.0602. The summed E-state index contributed by atoms with van der Waals surface area (Å²) in [6, 6.07) is 14.1. The molecule has 2 aromatic carbocycles. The summed E-state index contributed by atoms with van der Waals surface area (Å²) < 4.78 is 15.4. The van der Waals surface area contributed by atoms with E-state index in [2.05, 4.69) is 20.6 Å². The Morgan fingerprint density at radius 3 is 2.50 bits per heavy atom. The molecule has 3 rings (SSSR count). The molecule has 144 valence electrons. The van der Waals surface area contributed by atoms with Crippen molar-refractivity contribution in [3.05, 3.63) is 60.3 Å². The fourth-order valence-corrected chi connectivity index (χ4v) is 2.54. The zero-order valence-electron chi connectivity index (χ0n) is 15.7. The number of hydrogen-bond acceptors (Lipinski definition) is 8. The molecule has 0 fully saturated rings. The van der Waals surface area contributed by atoms with Crippen LogP contribution in [0.25, 0.3) is 0 Å². The molecule has 0 bridgehead atoms. The maximum atomic E-state index is 11.9. The van der Waals surface area contributed by atoms with Gasteiger partial charge < -0.3 is 24.8 Å². The molecule has 1 aromatic heterocycles. The standard InChI is InChI=1S/C20H20N4O4/c1-26-13-8-9-17(27-2)16(12-13)22-18-10-11-21-20(24-18)23-15-7-5-4-6-14(15)19(25)28-3/h4-12H,1-3H3,(H2,21,22,23,24). The third-order valence-corrected chi connectivity index (χ3v) is 3.90. The minimum Gasteiger partial charge on any atom is -0.497 e. The van der Waals surface area contributed by atoms with Gasteiger partial charge in [-0.3, -0.25) is 0 Å². The van der Waals surface area contributed by atoms with Gasteiger partial charge in [-0.1, -0.05) is 12.1 Å². The SMILES string of the molecule is COC(=O)c1ccccc1Nc1nccc(Nc2cc(OC)ccc2OC)n1. The van der Waals surface area contributed by atoms with E-state index in [1.807, 2.05) is 0 Å². The Morgan fingerprint density at radius 1 is 0.929 bits per heavy atom. The van der Waals surface area contributed by atoms with Crippen LogP contribution >= 0.6 is 0 Å². The average molecular weight is 380 g/mol. The first-order valence-electron chi connectivity index (χ1n) is 8.41. The van der Waals surface area contributed by atoms with E-state index in [0.717, 1.165) is 0 Å². The van der Waals surface area contributed by atoms with E-state index in [4.69, 9.17) is 14.2 Å². The van der Waals surface area contributed by atoms with Gasteiger partial charge in [-0.2, -0.15) is 4.98 Å². The van der Waals surface area contributed by atoms with E-state index in [-0.39, 0.29) is 0 Å². The number of esters is 1. The summed E-state index contributed by atoms with van der Waals surface area (Å²) in [5.74, 6) is 1.74. The van der Waals surface area contributed by atoms with E-state index >= 15 is 0 Å². The highest BCUT2D eigenvalue weighted by atomic mass is 16.5. The van der Waals surface area contributed by atoms with Gasteiger partial charge in [0.05, 0.1) is 38.3 Å². The molecule has 2 N–H and O–H groups in total. The number of aromatic nitrogens is 2. The molecular formula is C20H20N4O4. The number of carbonyl (C=O) groups is 1. The first-order valence-corrected chi connectivity index (χ1v) is 8.41. The van der Waals surface area contributed by atoms with Crippen LogP contribution in [0.3, 0.4) is 0 Å². The normalized spacial score (nSPS) is 10.1. The van der Waals surface area contributed by atoms with Gasteiger partial charge in [0.15, 0.2) is 0 Å². The van der Waals surface area contributed by atoms with Crippen LogP contribution < -0.4 is 20.1 Å². The average Bonchev–Trinajstić information content (AvgIpc) is 2.73. The van der Waals surface area contributed by atoms with Crippen molar-refractivity contribution in [2.24, 2.45) is 0 Å². The monoisotopic (exact) mass is 380 g/mol. The largest absolute Gasteiger partial charge is 0.497 e. The van der Waals surface area contributed by atoms with Gasteiger partial charge >= 0.3 is 5.97 Å². The zero-order valence-corrected chi connectivity index (χ0v) is 15.7. The molecule has 8 heteroatoms. The van der Waals surface area contributed by atoms with Crippen LogP contribution in [0.1, 0.15) is 10.4 Å². The van der Waals surface area contributed by atoms with Crippen molar-refractivity contribution in [1.82, 2.24) is 9.97 Å². The number of hydrogen-bond donors (Lipinski definition) is 2. The van der Waals surface area contributed by atoms with Gasteiger partial charge in [-0.15, -0.1) is 0 Å². The molecule has 1 heterocycles. The van der Waals surface area contributed by atoms with E-state index in [9.17, 15) is 4.79 Å². The first kappa shape index (κ1) is 19.0. The molecule has 0 atom stereocenters. The maximum Gasteiger partial charge on any atom is 0.339 e. The van der Waals surface area contributed by atoms with Gasteiger partial charge in [0, 0.05) is 12.3 Å². The van der Waals surface area contributed by atoms with Gasteiger partial charge in [-0.05, 0) is 30.3 Å². The molecule has 0 unspecified atom stereocenters. The number of anilines is 4. The zero-order chi connectivity index (χ0) is 19.9. The first-order chi connectivity index (χ1) is 13.6. The van der Waals surface area contributed by atoms with E-state index < -0.39 is 5.97 Å². The van der Waals surface area contributed by atoms with E-state index in [0.29, 0.717) is 40.2 Å². The van der Waals surface area contributed by atoms with Crippen LogP contribution in [0.4, 0.5) is 23.1 Å². The molecular weight excluding hydrogens is 360 g/mol. The van der Waals surface area contributed by atoms with Crippen LogP contribution in [0, 0.1) is 0 Å². The van der Waals surface area contributed by atoms with Crippen LogP contribution in [0.2, 0.25) is 0 Å². The highest BCUT2D eigenvalue weighted by Crippen LogP contribution is 2.31. The second-order valence-electron chi connectivity index (χ2n) is 5.62. The Balaban J connectivity index is 1.85. The number of ether oxygens (including phenoxy) is 3. The summed E-state index contributed by atoms with van der Waals surface area (Å²) in [4.78, 5) is 20.6. The molecule has 0 saturated carbocycles. The third-order valence-electron chi connectivity index (χ3n) is 3.90. The van der Waals surface area contributed by atoms with Crippen LogP contribution in [-0.2, 0) is 4.74 Å². The predicted octanol–water partition coefficient (Wildman–Crippen LogP) is 3.77. The summed E-state index contributed by atoms with van der Waals surface area (Å²) in [6.45, 7) is 0. The van der Waals surface area contributed by atoms with Crippen molar-refractivity contribution in [1.29, 1.82) is 0 Å². The molecule has 0 amide bonds. The fourth-order valence-electron chi connectivity index (χ4n) is 2.54. The van der Waals surface area contributed by atoms with Crippen LogP contribution in [-0.4, -0.2) is 37.3 Å². The Bertz CT molecular complexity index is 978. The van der Waals surface area contributed by atoms with Crippen molar-refractivity contribution in [2.45, 2.75) is 0 Å². The van der Waals surface area contributed by atoms with Crippen molar-refractivity contribution < 1.29 is 19.0 Å². The number of rotatable bonds is 7. The van der Waals surface area contributed by atoms with Crippen molar-refractivity contribution >= 4 is 29.1 Å². The fraction of sp³-hybridized carbons (Fsp3) is 0.150. The molecule has 0 aliphatic heterocycles. The summed E-state index contributed by atoms with van der Waals surface area (Å²) in [7, 11) is 4.52. The number of methoxy groups -OCH3 is 3. The number of nitrogens with zero attached hydrogens (tertiary/aromatic N) is 2. The third kappa shape index (κ3) is 4.29. The number of benzene rings is 2. The van der Waals surface area contributed by atoms with Crippen LogP contribution in [0.5, 0.6) is 11.5 Å². The summed E-state index contributed by atoms with van der Waals surface area (Å²) >= 11 is 0. The maximum absolute atomic E-state index is 11.9. The number of para-hydroxylation sites is 1. The smallest absolute Gasteiger partial charge is 0.339 e. The van der Waals surface area contributed by atoms with Crippen molar-refractivity contribution in [3.63, 3.8) is 0 Å². The molecule has 28 heavy (non-hydrogen) atoms. The Labute approximate surface area is 162 Å². The van der Waals surface area contributed by atoms with Gasteiger partial charge in [0.1, 0.15) is 17.3 Å². The Hall–Kier alpha value is -3.81. The highest BCUT2D eigenvalue weighted by Gasteiger charge is 2.12. The molecule has 0 spiro atoms. The van der Waals surface area contributed by atoms with Gasteiger partial charge in [-0.25, -0.2) is 9.78 Å². The lowest BCUT2D eigenvalue weighted by Gasteiger charge is -2.13. The Morgan fingerprint density at radius 2 is 1.75 bits per heavy atom. The molecule has 0 aliphatic carbocycles. The summed E-state index contributed by atoms with van der Waals surface area (Å²) in [5, 5.41) is 6.23. The van der Waals surface area contributed by atoms with Crippen LogP contribution in [0.15, 0.2) is 54.7 Å². The lowest BCUT2D eigenvalue weighted by atomic mass is 10.2. The highest BCUT2D eigenvalue weighted by molar-refractivity contribution is 5.96. The second-order valence-corrected chi connectivity index (χ2v) is 5.62. The lowest BCUT2D eigenvalue weighted by Crippen LogP contribution is -2.07.